The third-order valence-electron chi connectivity index (χ3n) is 3.46. The number of nitrogens with zero attached hydrogens (tertiary/aromatic N) is 2. The van der Waals surface area contributed by atoms with Crippen molar-refractivity contribution in [2.75, 3.05) is 19.7 Å². The average molecular weight is 324 g/mol. The Bertz CT molecular complexity index is 580. The molecule has 1 N–H and O–H groups in total. The van der Waals surface area contributed by atoms with Gasteiger partial charge in [-0.25, -0.2) is 4.98 Å². The predicted octanol–water partition coefficient (Wildman–Crippen LogP) is 2.84. The molecular weight excluding hydrogens is 304 g/mol. The van der Waals surface area contributed by atoms with Gasteiger partial charge in [-0.1, -0.05) is 0 Å². The van der Waals surface area contributed by atoms with Crippen LogP contribution >= 0.6 is 22.7 Å². The van der Waals surface area contributed by atoms with E-state index in [1.807, 2.05) is 0 Å². The third kappa shape index (κ3) is 3.70. The topological polar surface area (TPSA) is 45.6 Å². The van der Waals surface area contributed by atoms with Crippen LogP contribution in [0.15, 0.2) is 22.2 Å². The highest BCUT2D eigenvalue weighted by molar-refractivity contribution is 7.14. The highest BCUT2D eigenvalue weighted by Gasteiger charge is 2.33. The van der Waals surface area contributed by atoms with E-state index in [1.165, 1.54) is 5.56 Å². The molecule has 1 aliphatic heterocycles. The van der Waals surface area contributed by atoms with E-state index in [0.29, 0.717) is 0 Å². The second kappa shape index (κ2) is 6.14. The molecule has 1 aliphatic rings. The van der Waals surface area contributed by atoms with Crippen LogP contribution in [0.3, 0.4) is 0 Å². The quantitative estimate of drug-likeness (QED) is 0.939. The summed E-state index contributed by atoms with van der Waals surface area (Å²) in [5, 5.41) is 16.8. The van der Waals surface area contributed by atoms with Gasteiger partial charge in [-0.15, -0.1) is 11.3 Å². The molecule has 1 fully saturated rings. The van der Waals surface area contributed by atoms with E-state index >= 15 is 0 Å². The van der Waals surface area contributed by atoms with E-state index in [4.69, 9.17) is 9.72 Å². The third-order valence-corrected chi connectivity index (χ3v) is 5.08. The van der Waals surface area contributed by atoms with E-state index in [1.54, 1.807) is 22.7 Å². The Morgan fingerprint density at radius 2 is 2.33 bits per heavy atom. The highest BCUT2D eigenvalue weighted by Crippen LogP contribution is 2.27. The van der Waals surface area contributed by atoms with Crippen LogP contribution in [-0.4, -0.2) is 46.4 Å². The molecule has 3 rings (SSSR count). The zero-order chi connectivity index (χ0) is 14.9. The van der Waals surface area contributed by atoms with Crippen LogP contribution in [0.1, 0.15) is 19.5 Å². The van der Waals surface area contributed by atoms with Crippen LogP contribution in [0.4, 0.5) is 0 Å². The van der Waals surface area contributed by atoms with Crippen molar-refractivity contribution in [1.82, 2.24) is 9.88 Å². The largest absolute Gasteiger partial charge is 0.394 e. The molecule has 1 unspecified atom stereocenters. The summed E-state index contributed by atoms with van der Waals surface area (Å²) in [5.74, 6) is 0. The monoisotopic (exact) mass is 324 g/mol. The van der Waals surface area contributed by atoms with E-state index in [-0.39, 0.29) is 18.3 Å². The number of hydrogen-bond acceptors (Lipinski definition) is 6. The molecular formula is C15H20N2O2S2. The molecule has 0 aromatic carbocycles. The number of hydrogen-bond donors (Lipinski definition) is 1. The Morgan fingerprint density at radius 3 is 3.05 bits per heavy atom. The van der Waals surface area contributed by atoms with Crippen LogP contribution in [0.5, 0.6) is 0 Å². The van der Waals surface area contributed by atoms with Gasteiger partial charge in [-0.3, -0.25) is 4.90 Å². The molecule has 2 aromatic rings. The molecule has 6 heteroatoms. The molecule has 114 valence electrons. The van der Waals surface area contributed by atoms with Crippen LogP contribution < -0.4 is 0 Å². The maximum Gasteiger partial charge on any atom is 0.124 e. The predicted molar refractivity (Wildman–Crippen MR) is 86.7 cm³/mol. The summed E-state index contributed by atoms with van der Waals surface area (Å²) >= 11 is 3.38. The summed E-state index contributed by atoms with van der Waals surface area (Å²) in [6.45, 7) is 6.63. The lowest BCUT2D eigenvalue weighted by molar-refractivity contribution is -0.150. The first kappa shape index (κ1) is 15.1. The summed E-state index contributed by atoms with van der Waals surface area (Å²) in [7, 11) is 0. The van der Waals surface area contributed by atoms with Gasteiger partial charge in [0.15, 0.2) is 0 Å². The maximum absolute atomic E-state index is 9.37. The summed E-state index contributed by atoms with van der Waals surface area (Å²) in [6, 6.07) is 2.10. The van der Waals surface area contributed by atoms with Crippen molar-refractivity contribution in [2.24, 2.45) is 0 Å². The first-order valence-electron chi connectivity index (χ1n) is 7.04. The minimum atomic E-state index is -0.224. The zero-order valence-corrected chi connectivity index (χ0v) is 13.9. The van der Waals surface area contributed by atoms with E-state index in [0.717, 1.165) is 30.3 Å². The van der Waals surface area contributed by atoms with Crippen LogP contribution in [-0.2, 0) is 11.3 Å². The minimum absolute atomic E-state index is 0.0666. The van der Waals surface area contributed by atoms with Gasteiger partial charge < -0.3 is 9.84 Å². The number of aromatic nitrogens is 1. The summed E-state index contributed by atoms with van der Waals surface area (Å²) < 4.78 is 5.85. The fourth-order valence-corrected chi connectivity index (χ4v) is 4.28. The van der Waals surface area contributed by atoms with E-state index in [9.17, 15) is 5.11 Å². The maximum atomic E-state index is 9.37. The Hall–Kier alpha value is -0.790. The Labute approximate surface area is 133 Å². The molecule has 2 aromatic heterocycles. The highest BCUT2D eigenvalue weighted by atomic mass is 32.1. The lowest BCUT2D eigenvalue weighted by Gasteiger charge is -2.42. The molecule has 0 aliphatic carbocycles. The number of morpholine rings is 1. The minimum Gasteiger partial charge on any atom is -0.394 e. The SMILES string of the molecule is CC1(C)CN(Cc2csc(-c3ccsc3)n2)CC(CO)O1. The van der Waals surface area contributed by atoms with Gasteiger partial charge in [-0.2, -0.15) is 11.3 Å². The van der Waals surface area contributed by atoms with Crippen molar-refractivity contribution in [3.63, 3.8) is 0 Å². The molecule has 1 atom stereocenters. The molecule has 0 spiro atoms. The average Bonchev–Trinajstić information content (AvgIpc) is 3.06. The van der Waals surface area contributed by atoms with Gasteiger partial charge in [0.25, 0.3) is 0 Å². The summed E-state index contributed by atoms with van der Waals surface area (Å²) in [4.78, 5) is 7.04. The molecule has 21 heavy (non-hydrogen) atoms. The molecule has 0 radical (unpaired) electrons. The Balaban J connectivity index is 1.68. The second-order valence-corrected chi connectivity index (χ2v) is 7.65. The van der Waals surface area contributed by atoms with Crippen molar-refractivity contribution < 1.29 is 9.84 Å². The molecule has 4 nitrogen and oxygen atoms in total. The van der Waals surface area contributed by atoms with Gasteiger partial charge >= 0.3 is 0 Å². The van der Waals surface area contributed by atoms with Crippen LogP contribution in [0.25, 0.3) is 10.6 Å². The number of rotatable bonds is 4. The summed E-state index contributed by atoms with van der Waals surface area (Å²) in [5.41, 5.74) is 2.07. The van der Waals surface area contributed by atoms with Gasteiger partial charge in [0.1, 0.15) is 5.01 Å². The fourth-order valence-electron chi connectivity index (χ4n) is 2.76. The number of thiazole rings is 1. The molecule has 3 heterocycles. The number of aliphatic hydroxyl groups is 1. The van der Waals surface area contributed by atoms with Gasteiger partial charge in [0.2, 0.25) is 0 Å². The zero-order valence-electron chi connectivity index (χ0n) is 12.3. The van der Waals surface area contributed by atoms with Crippen molar-refractivity contribution in [3.8, 4) is 10.6 Å². The first-order valence-corrected chi connectivity index (χ1v) is 8.86. The fraction of sp³-hybridized carbons (Fsp3) is 0.533. The van der Waals surface area contributed by atoms with Crippen molar-refractivity contribution >= 4 is 22.7 Å². The smallest absolute Gasteiger partial charge is 0.124 e. The van der Waals surface area contributed by atoms with E-state index in [2.05, 4.69) is 41.0 Å². The normalized spacial score (nSPS) is 22.5. The van der Waals surface area contributed by atoms with Gasteiger partial charge in [-0.05, 0) is 25.3 Å². The number of thiophene rings is 1. The Morgan fingerprint density at radius 1 is 1.48 bits per heavy atom. The summed E-state index contributed by atoms with van der Waals surface area (Å²) in [6.07, 6.45) is -0.108. The van der Waals surface area contributed by atoms with Gasteiger partial charge in [0, 0.05) is 36.0 Å². The van der Waals surface area contributed by atoms with Crippen LogP contribution in [0.2, 0.25) is 0 Å². The van der Waals surface area contributed by atoms with Crippen molar-refractivity contribution in [2.45, 2.75) is 32.1 Å². The second-order valence-electron chi connectivity index (χ2n) is 6.01. The number of aliphatic hydroxyl groups excluding tert-OH is 1. The van der Waals surface area contributed by atoms with Crippen molar-refractivity contribution in [3.05, 3.63) is 27.9 Å². The van der Waals surface area contributed by atoms with Crippen molar-refractivity contribution in [1.29, 1.82) is 0 Å². The molecule has 0 amide bonds. The Kier molecular flexibility index (Phi) is 4.42. The van der Waals surface area contributed by atoms with Gasteiger partial charge in [0.05, 0.1) is 24.0 Å². The molecule has 0 saturated carbocycles. The lowest BCUT2D eigenvalue weighted by Crippen LogP contribution is -2.53. The standard InChI is InChI=1S/C15H20N2O2S2/c1-15(2)10-17(6-13(7-18)19-15)5-12-9-21-14(16-12)11-3-4-20-8-11/h3-4,8-9,13,18H,5-7,10H2,1-2H3. The van der Waals surface area contributed by atoms with E-state index < -0.39 is 0 Å². The molecule has 1 saturated heterocycles. The number of ether oxygens (including phenoxy) is 1. The first-order chi connectivity index (χ1) is 10.1. The molecule has 0 bridgehead atoms. The lowest BCUT2D eigenvalue weighted by atomic mass is 10.1. The van der Waals surface area contributed by atoms with Crippen LogP contribution in [0, 0.1) is 0 Å².